The number of hydrogen-bond acceptors (Lipinski definition) is 3. The molecule has 0 bridgehead atoms. The molecule has 0 aromatic rings. The molecule has 0 saturated carbocycles. The van der Waals surface area contributed by atoms with E-state index in [0.717, 1.165) is 6.42 Å². The van der Waals surface area contributed by atoms with Crippen LogP contribution in [0.4, 0.5) is 0 Å². The zero-order chi connectivity index (χ0) is 16.5. The van der Waals surface area contributed by atoms with Crippen molar-refractivity contribution < 1.29 is 9.53 Å². The summed E-state index contributed by atoms with van der Waals surface area (Å²) in [6.07, 6.45) is 18.0. The second-order valence-electron chi connectivity index (χ2n) is 6.17. The molecule has 4 heteroatoms. The van der Waals surface area contributed by atoms with Crippen LogP contribution in [0.1, 0.15) is 104 Å². The summed E-state index contributed by atoms with van der Waals surface area (Å²) in [7, 11) is 1.66. The first-order valence-electron chi connectivity index (χ1n) is 9.22. The molecule has 2 nitrogen and oxygen atoms in total. The second kappa shape index (κ2) is 18.0. The van der Waals surface area contributed by atoms with E-state index >= 15 is 0 Å². The molecule has 0 aromatic carbocycles. The second-order valence-corrected chi connectivity index (χ2v) is 9.09. The van der Waals surface area contributed by atoms with Gasteiger partial charge in [0, 0.05) is 0 Å². The molecule has 0 N–H and O–H groups in total. The van der Waals surface area contributed by atoms with Gasteiger partial charge in [0.25, 0.3) is 0 Å². The van der Waals surface area contributed by atoms with Gasteiger partial charge in [0.05, 0.1) is 0 Å². The standard InChI is InChI=1S/C18H36O2S.Sn/c1-3-4-5-6-7-8-9-10-11-12-13-14-15-16-18(19)20-17(2)21;/h17,21H,3-16H2,1-2H3;/q;+1/p-1. The average Bonchev–Trinajstić information content (AvgIpc) is 2.51. The van der Waals surface area contributed by atoms with Crippen LogP contribution in [0.2, 0.25) is 0 Å². The van der Waals surface area contributed by atoms with Crippen molar-refractivity contribution in [3.8, 4) is 0 Å². The van der Waals surface area contributed by atoms with Crippen molar-refractivity contribution in [2.45, 2.75) is 109 Å². The Bertz CT molecular complexity index is 249. The Kier molecular flexibility index (Phi) is 18.5. The molecule has 0 aliphatic carbocycles. The zero-order valence-electron chi connectivity index (χ0n) is 14.7. The molecule has 0 amide bonds. The Balaban J connectivity index is 3.12. The van der Waals surface area contributed by atoms with Crippen molar-refractivity contribution in [2.75, 3.05) is 0 Å². The van der Waals surface area contributed by atoms with Gasteiger partial charge >= 0.3 is 109 Å². The summed E-state index contributed by atoms with van der Waals surface area (Å²) in [5.41, 5.74) is 0.0349. The van der Waals surface area contributed by atoms with E-state index in [1.165, 1.54) is 98.2 Å². The van der Waals surface area contributed by atoms with Gasteiger partial charge in [0.1, 0.15) is 0 Å². The van der Waals surface area contributed by atoms with E-state index in [2.05, 4.69) is 6.92 Å². The van der Waals surface area contributed by atoms with Crippen LogP contribution in [-0.4, -0.2) is 32.5 Å². The predicted octanol–water partition coefficient (Wildman–Crippen LogP) is 6.17. The Morgan fingerprint density at radius 2 is 1.27 bits per heavy atom. The van der Waals surface area contributed by atoms with Crippen molar-refractivity contribution in [3.63, 3.8) is 0 Å². The van der Waals surface area contributed by atoms with Crippen LogP contribution >= 0.6 is 8.95 Å². The first-order chi connectivity index (χ1) is 10.7. The maximum atomic E-state index is 11.5. The summed E-state index contributed by atoms with van der Waals surface area (Å²) in [5, 5.41) is 0. The average molecular weight is 434 g/mol. The Hall–Kier alpha value is 0.619. The number of carbonyl (C=O) groups is 1. The molecule has 22 heavy (non-hydrogen) atoms. The third kappa shape index (κ3) is 17.0. The molecule has 0 rings (SSSR count). The molecular weight excluding hydrogens is 399 g/mol. The van der Waals surface area contributed by atoms with Crippen LogP contribution in [-0.2, 0) is 9.53 Å². The summed E-state index contributed by atoms with van der Waals surface area (Å²) < 4.78 is 5.25. The molecule has 0 aromatic heterocycles. The van der Waals surface area contributed by atoms with Gasteiger partial charge in [-0.15, -0.1) is 0 Å². The van der Waals surface area contributed by atoms with Crippen molar-refractivity contribution >= 4 is 36.1 Å². The molecule has 0 heterocycles. The number of esters is 1. The first-order valence-corrected chi connectivity index (χ1v) is 13.6. The predicted molar refractivity (Wildman–Crippen MR) is 99.2 cm³/mol. The minimum atomic E-state index is -0.0227. The van der Waals surface area contributed by atoms with E-state index in [0.29, 0.717) is 6.42 Å². The van der Waals surface area contributed by atoms with Gasteiger partial charge in [-0.2, -0.15) is 0 Å². The van der Waals surface area contributed by atoms with Gasteiger partial charge in [-0.1, -0.05) is 45.4 Å². The quantitative estimate of drug-likeness (QED) is 0.126. The van der Waals surface area contributed by atoms with E-state index in [9.17, 15) is 4.79 Å². The number of hydrogen-bond donors (Lipinski definition) is 0. The Labute approximate surface area is 154 Å². The van der Waals surface area contributed by atoms with Gasteiger partial charge in [-0.25, -0.2) is 0 Å². The molecule has 0 fully saturated rings. The van der Waals surface area contributed by atoms with Gasteiger partial charge in [0.15, 0.2) is 0 Å². The molecule has 0 saturated heterocycles. The number of unbranched alkanes of at least 4 members (excludes halogenated alkanes) is 12. The van der Waals surface area contributed by atoms with Crippen LogP contribution < -0.4 is 0 Å². The normalized spacial score (nSPS) is 12.3. The fourth-order valence-electron chi connectivity index (χ4n) is 2.56. The summed E-state index contributed by atoms with van der Waals surface area (Å²) in [4.78, 5) is 11.5. The maximum absolute atomic E-state index is 11.5. The Morgan fingerprint density at radius 1 is 0.864 bits per heavy atom. The zero-order valence-corrected chi connectivity index (χ0v) is 18.4. The fraction of sp³-hybridized carbons (Fsp3) is 0.944. The SMILES string of the molecule is CCCCCCCCCCCCCCCC(=O)OC(C)[S][Sn]. The van der Waals surface area contributed by atoms with Crippen LogP contribution in [0.5, 0.6) is 0 Å². The van der Waals surface area contributed by atoms with Crippen molar-refractivity contribution in [3.05, 3.63) is 0 Å². The molecule has 1 unspecified atom stereocenters. The summed E-state index contributed by atoms with van der Waals surface area (Å²) in [5.74, 6) is -0.0227. The molecule has 129 valence electrons. The number of rotatable bonds is 16. The van der Waals surface area contributed by atoms with E-state index in [1.807, 2.05) is 6.92 Å². The van der Waals surface area contributed by atoms with Crippen molar-refractivity contribution in [2.24, 2.45) is 0 Å². The van der Waals surface area contributed by atoms with Crippen LogP contribution in [0.25, 0.3) is 0 Å². The van der Waals surface area contributed by atoms with Crippen LogP contribution in [0.15, 0.2) is 0 Å². The minimum absolute atomic E-state index is 0.0227. The Morgan fingerprint density at radius 3 is 1.68 bits per heavy atom. The molecule has 0 aliphatic heterocycles. The number of carbonyl (C=O) groups excluding carboxylic acids is 1. The van der Waals surface area contributed by atoms with Gasteiger partial charge < -0.3 is 0 Å². The third-order valence-electron chi connectivity index (χ3n) is 3.95. The summed E-state index contributed by atoms with van der Waals surface area (Å²) in [6.45, 7) is 4.22. The fourth-order valence-corrected chi connectivity index (χ4v) is 3.12. The van der Waals surface area contributed by atoms with E-state index in [-0.39, 0.29) is 11.4 Å². The molecule has 0 aliphatic rings. The van der Waals surface area contributed by atoms with Gasteiger partial charge in [0.2, 0.25) is 0 Å². The van der Waals surface area contributed by atoms with E-state index in [4.69, 9.17) is 4.74 Å². The number of ether oxygens (including phenoxy) is 1. The van der Waals surface area contributed by atoms with Crippen LogP contribution in [0, 0.1) is 0 Å². The van der Waals surface area contributed by atoms with Gasteiger partial charge in [-0.3, -0.25) is 0 Å². The third-order valence-corrected chi connectivity index (χ3v) is 7.22. The van der Waals surface area contributed by atoms with Crippen molar-refractivity contribution in [1.82, 2.24) is 0 Å². The van der Waals surface area contributed by atoms with E-state index < -0.39 is 0 Å². The van der Waals surface area contributed by atoms with Crippen LogP contribution in [0.3, 0.4) is 0 Å². The summed E-state index contributed by atoms with van der Waals surface area (Å²) >= 11 is 1.35. The van der Waals surface area contributed by atoms with Crippen molar-refractivity contribution in [1.29, 1.82) is 0 Å². The molecular formula is C18H35O2SSn. The molecule has 3 radical (unpaired) electrons. The monoisotopic (exact) mass is 435 g/mol. The first kappa shape index (κ1) is 22.6. The van der Waals surface area contributed by atoms with Gasteiger partial charge in [-0.05, 0) is 0 Å². The molecule has 0 spiro atoms. The molecule has 1 atom stereocenters. The van der Waals surface area contributed by atoms with E-state index in [1.54, 1.807) is 8.95 Å². The summed E-state index contributed by atoms with van der Waals surface area (Å²) in [6, 6.07) is 0. The topological polar surface area (TPSA) is 26.3 Å².